The largest absolute Gasteiger partial charge is 0.343 e. The molecule has 0 aromatic heterocycles. The van der Waals surface area contributed by atoms with E-state index in [1.165, 1.54) is 11.1 Å². The lowest BCUT2D eigenvalue weighted by atomic mass is 9.94. The van der Waals surface area contributed by atoms with Gasteiger partial charge in [-0.2, -0.15) is 0 Å². The highest BCUT2D eigenvalue weighted by molar-refractivity contribution is 5.97. The van der Waals surface area contributed by atoms with Crippen LogP contribution < -0.4 is 4.90 Å². The van der Waals surface area contributed by atoms with Crippen molar-refractivity contribution in [1.29, 1.82) is 0 Å². The van der Waals surface area contributed by atoms with Gasteiger partial charge in [-0.15, -0.1) is 0 Å². The van der Waals surface area contributed by atoms with Crippen molar-refractivity contribution in [1.82, 2.24) is 4.90 Å². The number of aryl methyl sites for hydroxylation is 1. The minimum absolute atomic E-state index is 0.0202. The number of nitrogens with zero attached hydrogens (tertiary/aromatic N) is 2. The van der Waals surface area contributed by atoms with Gasteiger partial charge < -0.3 is 9.80 Å². The van der Waals surface area contributed by atoms with E-state index < -0.39 is 0 Å². The van der Waals surface area contributed by atoms with Gasteiger partial charge in [-0.25, -0.2) is 0 Å². The fourth-order valence-corrected chi connectivity index (χ4v) is 4.53. The molecule has 1 fully saturated rings. The highest BCUT2D eigenvalue weighted by atomic mass is 16.2. The summed E-state index contributed by atoms with van der Waals surface area (Å²) in [5.74, 6) is 0.454. The molecule has 146 valence electrons. The van der Waals surface area contributed by atoms with E-state index in [0.29, 0.717) is 19.5 Å². The van der Waals surface area contributed by atoms with Crippen LogP contribution in [0.25, 0.3) is 0 Å². The first-order valence-corrected chi connectivity index (χ1v) is 10.4. The molecule has 0 saturated carbocycles. The lowest BCUT2D eigenvalue weighted by molar-refractivity contribution is -0.135. The van der Waals surface area contributed by atoms with E-state index in [4.69, 9.17) is 0 Å². The van der Waals surface area contributed by atoms with Crippen LogP contribution in [0.5, 0.6) is 0 Å². The van der Waals surface area contributed by atoms with Crippen LogP contribution in [0.1, 0.15) is 37.3 Å². The topological polar surface area (TPSA) is 40.6 Å². The number of carbonyl (C=O) groups is 2. The molecule has 2 aromatic rings. The first kappa shape index (κ1) is 18.7. The van der Waals surface area contributed by atoms with Crippen molar-refractivity contribution in [2.75, 3.05) is 18.0 Å². The van der Waals surface area contributed by atoms with Crippen molar-refractivity contribution < 1.29 is 9.59 Å². The summed E-state index contributed by atoms with van der Waals surface area (Å²) >= 11 is 0. The maximum Gasteiger partial charge on any atom is 0.230 e. The van der Waals surface area contributed by atoms with Crippen molar-refractivity contribution >= 4 is 17.5 Å². The third-order valence-corrected chi connectivity index (χ3v) is 6.11. The second kappa shape index (κ2) is 8.17. The molecule has 0 aliphatic carbocycles. The van der Waals surface area contributed by atoms with Crippen LogP contribution in [0, 0.1) is 5.92 Å². The monoisotopic (exact) mass is 376 g/mol. The lowest BCUT2D eigenvalue weighted by Gasteiger charge is -2.34. The number of para-hydroxylation sites is 1. The smallest absolute Gasteiger partial charge is 0.230 e. The van der Waals surface area contributed by atoms with Gasteiger partial charge in [0, 0.05) is 37.2 Å². The van der Waals surface area contributed by atoms with Crippen molar-refractivity contribution in [3.8, 4) is 0 Å². The number of likely N-dealkylation sites (tertiary alicyclic amines) is 1. The Morgan fingerprint density at radius 1 is 0.964 bits per heavy atom. The number of piperidine rings is 1. The molecule has 0 N–H and O–H groups in total. The Balaban J connectivity index is 1.31. The third-order valence-electron chi connectivity index (χ3n) is 6.11. The first-order valence-electron chi connectivity index (χ1n) is 10.4. The summed E-state index contributed by atoms with van der Waals surface area (Å²) in [5.41, 5.74) is 3.53. The van der Waals surface area contributed by atoms with Gasteiger partial charge in [0.2, 0.25) is 11.8 Å². The highest BCUT2D eigenvalue weighted by Crippen LogP contribution is 2.34. The van der Waals surface area contributed by atoms with Crippen molar-refractivity contribution in [3.05, 3.63) is 65.7 Å². The summed E-state index contributed by atoms with van der Waals surface area (Å²) in [6.45, 7) is 3.50. The van der Waals surface area contributed by atoms with Gasteiger partial charge >= 0.3 is 0 Å². The number of hydrogen-bond acceptors (Lipinski definition) is 2. The van der Waals surface area contributed by atoms with Gasteiger partial charge in [0.1, 0.15) is 0 Å². The van der Waals surface area contributed by atoms with Crippen LogP contribution in [0.2, 0.25) is 0 Å². The van der Waals surface area contributed by atoms with E-state index in [1.54, 1.807) is 0 Å². The van der Waals surface area contributed by atoms with Crippen molar-refractivity contribution in [2.24, 2.45) is 5.92 Å². The summed E-state index contributed by atoms with van der Waals surface area (Å²) in [6, 6.07) is 18.6. The normalized spacial score (nSPS) is 19.5. The van der Waals surface area contributed by atoms with Gasteiger partial charge in [0.15, 0.2) is 0 Å². The molecular weight excluding hydrogens is 348 g/mol. The number of fused-ring (bicyclic) bond motifs is 1. The van der Waals surface area contributed by atoms with E-state index >= 15 is 0 Å². The zero-order valence-electron chi connectivity index (χ0n) is 16.5. The Bertz CT molecular complexity index is 841. The van der Waals surface area contributed by atoms with Crippen LogP contribution >= 0.6 is 0 Å². The number of amides is 2. The molecule has 2 amide bonds. The Labute approximate surface area is 167 Å². The molecule has 0 spiro atoms. The number of hydrogen-bond donors (Lipinski definition) is 0. The van der Waals surface area contributed by atoms with Crippen LogP contribution in [0.4, 0.5) is 5.69 Å². The number of carbonyl (C=O) groups excluding carboxylic acids is 2. The Morgan fingerprint density at radius 2 is 1.64 bits per heavy atom. The number of rotatable bonds is 4. The zero-order chi connectivity index (χ0) is 19.5. The van der Waals surface area contributed by atoms with Crippen molar-refractivity contribution in [2.45, 2.75) is 45.1 Å². The molecule has 2 aromatic carbocycles. The molecule has 2 aliphatic heterocycles. The molecule has 0 radical (unpaired) electrons. The average molecular weight is 377 g/mol. The number of benzene rings is 2. The molecule has 28 heavy (non-hydrogen) atoms. The van der Waals surface area contributed by atoms with Crippen LogP contribution in [0.15, 0.2) is 54.6 Å². The first-order chi connectivity index (χ1) is 13.6. The second-order valence-corrected chi connectivity index (χ2v) is 8.03. The molecule has 1 saturated heterocycles. The molecular formula is C24H28N2O2. The van der Waals surface area contributed by atoms with Crippen LogP contribution in [0.3, 0.4) is 0 Å². The zero-order valence-corrected chi connectivity index (χ0v) is 16.5. The van der Waals surface area contributed by atoms with E-state index in [2.05, 4.69) is 31.2 Å². The Hall–Kier alpha value is -2.62. The Kier molecular flexibility index (Phi) is 5.47. The lowest BCUT2D eigenvalue weighted by Crippen LogP contribution is -2.46. The Morgan fingerprint density at radius 3 is 2.39 bits per heavy atom. The molecule has 4 nitrogen and oxygen atoms in total. The quantitative estimate of drug-likeness (QED) is 0.814. The summed E-state index contributed by atoms with van der Waals surface area (Å²) in [5, 5.41) is 0. The maximum atomic E-state index is 13.2. The van der Waals surface area contributed by atoms with Crippen LogP contribution in [-0.4, -0.2) is 35.8 Å². The van der Waals surface area contributed by atoms with Crippen LogP contribution in [-0.2, 0) is 22.4 Å². The fraction of sp³-hybridized carbons (Fsp3) is 0.417. The predicted molar refractivity (Wildman–Crippen MR) is 111 cm³/mol. The summed E-state index contributed by atoms with van der Waals surface area (Å²) < 4.78 is 0. The molecule has 2 heterocycles. The fourth-order valence-electron chi connectivity index (χ4n) is 4.53. The van der Waals surface area contributed by atoms with Gasteiger partial charge in [-0.05, 0) is 49.8 Å². The van der Waals surface area contributed by atoms with E-state index in [9.17, 15) is 9.59 Å². The van der Waals surface area contributed by atoms with Crippen molar-refractivity contribution in [3.63, 3.8) is 0 Å². The predicted octanol–water partition coefficient (Wildman–Crippen LogP) is 3.84. The highest BCUT2D eigenvalue weighted by Gasteiger charge is 2.36. The van der Waals surface area contributed by atoms with Gasteiger partial charge in [0.25, 0.3) is 0 Å². The summed E-state index contributed by atoms with van der Waals surface area (Å²) in [4.78, 5) is 29.7. The number of anilines is 1. The SMILES string of the molecule is CC1Cc2ccccc2N1C(=O)C1CCN(C(=O)CCc2ccccc2)CC1. The molecule has 1 unspecified atom stereocenters. The molecule has 4 rings (SSSR count). The van der Waals surface area contributed by atoms with Gasteiger partial charge in [0.05, 0.1) is 0 Å². The minimum Gasteiger partial charge on any atom is -0.343 e. The summed E-state index contributed by atoms with van der Waals surface area (Å²) in [7, 11) is 0. The standard InChI is InChI=1S/C24H28N2O2/c1-18-17-21-9-5-6-10-22(21)26(18)24(28)20-13-15-25(16-14-20)23(27)12-11-19-7-3-2-4-8-19/h2-10,18,20H,11-17H2,1H3. The second-order valence-electron chi connectivity index (χ2n) is 8.03. The van der Waals surface area contributed by atoms with E-state index in [-0.39, 0.29) is 23.8 Å². The molecule has 2 aliphatic rings. The van der Waals surface area contributed by atoms with E-state index in [0.717, 1.165) is 31.4 Å². The maximum absolute atomic E-state index is 13.2. The average Bonchev–Trinajstić information content (AvgIpc) is 3.08. The molecule has 1 atom stereocenters. The molecule has 4 heteroatoms. The van der Waals surface area contributed by atoms with E-state index in [1.807, 2.05) is 40.1 Å². The minimum atomic E-state index is 0.0202. The molecule has 0 bridgehead atoms. The van der Waals surface area contributed by atoms with Gasteiger partial charge in [-0.3, -0.25) is 9.59 Å². The van der Waals surface area contributed by atoms with Gasteiger partial charge in [-0.1, -0.05) is 48.5 Å². The summed E-state index contributed by atoms with van der Waals surface area (Å²) in [6.07, 6.45) is 3.78. The third kappa shape index (κ3) is 3.82.